The summed E-state index contributed by atoms with van der Waals surface area (Å²) in [5, 5.41) is 26.9. The number of aliphatic hydroxyl groups excluding tert-OH is 2. The number of esters is 1. The maximum Gasteiger partial charge on any atom is 0.460 e. The molecule has 0 heterocycles. The molecule has 0 amide bonds. The highest BCUT2D eigenvalue weighted by molar-refractivity contribution is 5.78. The van der Waals surface area contributed by atoms with Crippen LogP contribution in [0.1, 0.15) is 13.3 Å². The summed E-state index contributed by atoms with van der Waals surface area (Å²) in [6, 6.07) is 0. The van der Waals surface area contributed by atoms with E-state index in [2.05, 4.69) is 4.74 Å². The summed E-state index contributed by atoms with van der Waals surface area (Å²) in [6.07, 6.45) is -13.6. The number of alkyl halides is 13. The van der Waals surface area contributed by atoms with Crippen molar-refractivity contribution in [3.63, 3.8) is 0 Å². The van der Waals surface area contributed by atoms with Gasteiger partial charge in [0.1, 0.15) is 6.61 Å². The molecule has 2 atom stereocenters. The van der Waals surface area contributed by atoms with Crippen molar-refractivity contribution in [1.29, 1.82) is 0 Å². The molecule has 0 rings (SSSR count). The number of carbonyl (C=O) groups is 1. The highest BCUT2D eigenvalue weighted by Gasteiger charge is 2.90. The first-order valence-electron chi connectivity index (χ1n) is 7.48. The number of halogens is 13. The molecule has 0 saturated heterocycles. The fourth-order valence-corrected chi connectivity index (χ4v) is 1.68. The van der Waals surface area contributed by atoms with Gasteiger partial charge in [0.05, 0.1) is 12.7 Å². The molecule has 0 aliphatic heterocycles. The van der Waals surface area contributed by atoms with Gasteiger partial charge in [0.15, 0.2) is 5.60 Å². The van der Waals surface area contributed by atoms with Gasteiger partial charge in [-0.3, -0.25) is 0 Å². The van der Waals surface area contributed by atoms with Gasteiger partial charge in [-0.1, -0.05) is 0 Å². The van der Waals surface area contributed by atoms with E-state index in [9.17, 15) is 67.0 Å². The van der Waals surface area contributed by atoms with Gasteiger partial charge < -0.3 is 20.1 Å². The average Bonchev–Trinajstić information content (AvgIpc) is 2.57. The third-order valence-corrected chi connectivity index (χ3v) is 3.64. The lowest BCUT2D eigenvalue weighted by Gasteiger charge is -2.40. The van der Waals surface area contributed by atoms with Gasteiger partial charge in [0.25, 0.3) is 0 Å². The SMILES string of the molecule is CC(O)(CO)C(=O)OCC(O)CC(F)(F)C(F)(F)C(F)(F)C(F)(F)C(F)(F)C(F)(F)F. The van der Waals surface area contributed by atoms with Crippen LogP contribution in [0.2, 0.25) is 0 Å². The molecule has 5 nitrogen and oxygen atoms in total. The molecule has 0 aromatic rings. The smallest absolute Gasteiger partial charge is 0.460 e. The summed E-state index contributed by atoms with van der Waals surface area (Å²) in [4.78, 5) is 11.2. The molecule has 0 aliphatic carbocycles. The average molecular weight is 496 g/mol. The van der Waals surface area contributed by atoms with E-state index in [1.54, 1.807) is 0 Å². The molecule has 186 valence electrons. The molecule has 0 radical (unpaired) electrons. The maximum atomic E-state index is 13.5. The Morgan fingerprint density at radius 1 is 0.806 bits per heavy atom. The lowest BCUT2D eigenvalue weighted by Crippen LogP contribution is -2.70. The molecule has 2 unspecified atom stereocenters. The van der Waals surface area contributed by atoms with Crippen LogP contribution in [0.3, 0.4) is 0 Å². The topological polar surface area (TPSA) is 87.0 Å². The number of hydrogen-bond donors (Lipinski definition) is 3. The highest BCUT2D eigenvalue weighted by Crippen LogP contribution is 2.60. The zero-order valence-corrected chi connectivity index (χ0v) is 14.8. The first kappa shape index (κ1) is 29.4. The van der Waals surface area contributed by atoms with E-state index in [1.807, 2.05) is 0 Å². The Labute approximate surface area is 163 Å². The Bertz CT molecular complexity index is 644. The highest BCUT2D eigenvalue weighted by atomic mass is 19.4. The lowest BCUT2D eigenvalue weighted by molar-refractivity contribution is -0.440. The third kappa shape index (κ3) is 5.10. The van der Waals surface area contributed by atoms with Crippen molar-refractivity contribution in [2.75, 3.05) is 13.2 Å². The molecule has 31 heavy (non-hydrogen) atoms. The van der Waals surface area contributed by atoms with Crippen LogP contribution < -0.4 is 0 Å². The van der Waals surface area contributed by atoms with Crippen LogP contribution in [0, 0.1) is 0 Å². The predicted octanol–water partition coefficient (Wildman–Crippen LogP) is 2.76. The van der Waals surface area contributed by atoms with Crippen molar-refractivity contribution in [2.45, 2.75) is 60.8 Å². The number of ether oxygens (including phenoxy) is 1. The van der Waals surface area contributed by atoms with Gasteiger partial charge in [-0.2, -0.15) is 57.1 Å². The molecule has 0 spiro atoms. The van der Waals surface area contributed by atoms with E-state index in [-0.39, 0.29) is 0 Å². The standard InChI is InChI=1S/C13H13F13O5/c1-7(30,4-27)6(29)31-3-5(28)2-8(14,15)9(16,17)10(18,19)11(20,21)12(22,23)13(24,25)26/h5,27-28,30H,2-4H2,1H3. The number of rotatable bonds is 10. The quantitative estimate of drug-likeness (QED) is 0.320. The van der Waals surface area contributed by atoms with Crippen molar-refractivity contribution < 1.29 is 81.9 Å². The lowest BCUT2D eigenvalue weighted by atomic mass is 9.91. The van der Waals surface area contributed by atoms with E-state index in [1.165, 1.54) is 0 Å². The number of hydrogen-bond acceptors (Lipinski definition) is 5. The Morgan fingerprint density at radius 3 is 1.55 bits per heavy atom. The van der Waals surface area contributed by atoms with E-state index in [0.717, 1.165) is 0 Å². The molecule has 0 bridgehead atoms. The minimum atomic E-state index is -8.07. The molecular formula is C13H13F13O5. The Morgan fingerprint density at radius 2 is 1.19 bits per heavy atom. The summed E-state index contributed by atoms with van der Waals surface area (Å²) >= 11 is 0. The Balaban J connectivity index is 5.75. The molecule has 0 saturated carbocycles. The van der Waals surface area contributed by atoms with Gasteiger partial charge in [-0.15, -0.1) is 0 Å². The second-order valence-electron chi connectivity index (χ2n) is 6.39. The predicted molar refractivity (Wildman–Crippen MR) is 70.1 cm³/mol. The van der Waals surface area contributed by atoms with Crippen molar-refractivity contribution in [3.8, 4) is 0 Å². The summed E-state index contributed by atoms with van der Waals surface area (Å²) in [5.41, 5.74) is -2.70. The molecule has 0 aromatic heterocycles. The monoisotopic (exact) mass is 496 g/mol. The van der Waals surface area contributed by atoms with E-state index >= 15 is 0 Å². The Kier molecular flexibility index (Phi) is 7.99. The van der Waals surface area contributed by atoms with Crippen LogP contribution in [0.5, 0.6) is 0 Å². The van der Waals surface area contributed by atoms with Crippen LogP contribution >= 0.6 is 0 Å². The maximum absolute atomic E-state index is 13.5. The molecule has 0 aliphatic rings. The minimum absolute atomic E-state index is 0.577. The second-order valence-corrected chi connectivity index (χ2v) is 6.39. The third-order valence-electron chi connectivity index (χ3n) is 3.64. The molecular weight excluding hydrogens is 483 g/mol. The van der Waals surface area contributed by atoms with Gasteiger partial charge in [-0.05, 0) is 6.92 Å². The normalized spacial score (nSPS) is 17.8. The second kappa shape index (κ2) is 8.42. The van der Waals surface area contributed by atoms with Gasteiger partial charge in [-0.25, -0.2) is 4.79 Å². The number of carbonyl (C=O) groups excluding carboxylic acids is 1. The molecule has 3 N–H and O–H groups in total. The van der Waals surface area contributed by atoms with Crippen molar-refractivity contribution in [1.82, 2.24) is 0 Å². The summed E-state index contributed by atoms with van der Waals surface area (Å²) < 4.78 is 172. The first-order valence-corrected chi connectivity index (χ1v) is 7.48. The van der Waals surface area contributed by atoms with Crippen molar-refractivity contribution in [3.05, 3.63) is 0 Å². The van der Waals surface area contributed by atoms with Gasteiger partial charge >= 0.3 is 41.8 Å². The van der Waals surface area contributed by atoms with Crippen LogP contribution in [0.15, 0.2) is 0 Å². The fraction of sp³-hybridized carbons (Fsp3) is 0.923. The van der Waals surface area contributed by atoms with Crippen molar-refractivity contribution in [2.24, 2.45) is 0 Å². The van der Waals surface area contributed by atoms with Crippen LogP contribution in [-0.4, -0.2) is 82.0 Å². The van der Waals surface area contributed by atoms with E-state index in [4.69, 9.17) is 10.2 Å². The summed E-state index contributed by atoms with van der Waals surface area (Å²) in [7, 11) is 0. The fourth-order valence-electron chi connectivity index (χ4n) is 1.68. The van der Waals surface area contributed by atoms with Crippen LogP contribution in [-0.2, 0) is 9.53 Å². The van der Waals surface area contributed by atoms with E-state index < -0.39 is 73.1 Å². The first-order chi connectivity index (χ1) is 13.3. The molecule has 0 fully saturated rings. The molecule has 18 heteroatoms. The molecule has 0 aromatic carbocycles. The summed E-state index contributed by atoms with van der Waals surface area (Å²) in [5.74, 6) is -39.9. The van der Waals surface area contributed by atoms with Crippen LogP contribution in [0.4, 0.5) is 57.1 Å². The van der Waals surface area contributed by atoms with E-state index in [0.29, 0.717) is 6.92 Å². The minimum Gasteiger partial charge on any atom is -0.461 e. The Hall–Kier alpha value is -1.56. The zero-order chi connectivity index (χ0) is 25.5. The summed E-state index contributed by atoms with van der Waals surface area (Å²) in [6.45, 7) is -2.56. The number of aliphatic hydroxyl groups is 3. The largest absolute Gasteiger partial charge is 0.461 e. The van der Waals surface area contributed by atoms with Gasteiger partial charge in [0.2, 0.25) is 0 Å². The zero-order valence-electron chi connectivity index (χ0n) is 14.8. The van der Waals surface area contributed by atoms with Crippen LogP contribution in [0.25, 0.3) is 0 Å². The van der Waals surface area contributed by atoms with Gasteiger partial charge in [0, 0.05) is 6.42 Å². The van der Waals surface area contributed by atoms with Crippen molar-refractivity contribution >= 4 is 5.97 Å².